The first-order valence-corrected chi connectivity index (χ1v) is 11.9. The van der Waals surface area contributed by atoms with Crippen LogP contribution in [0.1, 0.15) is 11.3 Å². The number of ether oxygens (including phenoxy) is 1. The van der Waals surface area contributed by atoms with Crippen molar-refractivity contribution in [2.24, 2.45) is 0 Å². The number of fused-ring (bicyclic) bond motifs is 1. The molecule has 34 heavy (non-hydrogen) atoms. The molecular formula is C24H23N3O6S. The number of carbonyl (C=O) groups is 1. The predicted octanol–water partition coefficient (Wildman–Crippen LogP) is 3.73. The Morgan fingerprint density at radius 2 is 1.59 bits per heavy atom. The maximum absolute atomic E-state index is 13.0. The van der Waals surface area contributed by atoms with Crippen LogP contribution in [0.15, 0.2) is 94.7 Å². The van der Waals surface area contributed by atoms with Gasteiger partial charge in [-0.05, 0) is 78.7 Å². The zero-order valence-electron chi connectivity index (χ0n) is 18.1. The third-order valence-corrected chi connectivity index (χ3v) is 7.14. The first-order valence-electron chi connectivity index (χ1n) is 10.4. The van der Waals surface area contributed by atoms with Gasteiger partial charge in [-0.25, -0.2) is 13.9 Å². The minimum absolute atomic E-state index is 0.181. The molecule has 0 bridgehead atoms. The molecule has 0 spiro atoms. The number of furan rings is 1. The normalized spacial score (nSPS) is 13.3. The van der Waals surface area contributed by atoms with E-state index < -0.39 is 10.0 Å². The quantitative estimate of drug-likeness (QED) is 0.246. The van der Waals surface area contributed by atoms with Crippen molar-refractivity contribution in [3.8, 4) is 17.2 Å². The summed E-state index contributed by atoms with van der Waals surface area (Å²) >= 11 is 0. The minimum Gasteiger partial charge on any atom is -0.468 e. The number of nitrogens with zero attached hydrogens (tertiary/aromatic N) is 2. The third kappa shape index (κ3) is 5.20. The van der Waals surface area contributed by atoms with Crippen LogP contribution in [-0.4, -0.2) is 35.5 Å². The number of nitrogens with one attached hydrogen (secondary N) is 1. The highest BCUT2D eigenvalue weighted by atomic mass is 32.2. The molecule has 2 aromatic heterocycles. The average molecular weight is 482 g/mol. The van der Waals surface area contributed by atoms with Gasteiger partial charge in [0.1, 0.15) is 17.3 Å². The molecule has 0 atom stereocenters. The molecule has 1 amide bonds. The summed E-state index contributed by atoms with van der Waals surface area (Å²) in [4.78, 5) is 9.06. The van der Waals surface area contributed by atoms with Crippen LogP contribution >= 0.6 is 0 Å². The van der Waals surface area contributed by atoms with Gasteiger partial charge in [0.25, 0.3) is 0 Å². The lowest BCUT2D eigenvalue weighted by atomic mass is 10.1. The van der Waals surface area contributed by atoms with Crippen molar-refractivity contribution in [2.45, 2.75) is 17.9 Å². The van der Waals surface area contributed by atoms with Gasteiger partial charge in [-0.3, -0.25) is 10.0 Å². The second kappa shape index (κ2) is 10.4. The van der Waals surface area contributed by atoms with Crippen LogP contribution < -0.4 is 10.2 Å². The molecule has 0 fully saturated rings. The molecule has 0 unspecified atom stereocenters. The highest BCUT2D eigenvalue weighted by Crippen LogP contribution is 2.28. The number of carbonyl (C=O) groups excluding carboxylic acids is 1. The van der Waals surface area contributed by atoms with Crippen LogP contribution in [0.25, 0.3) is 5.69 Å². The van der Waals surface area contributed by atoms with Crippen LogP contribution in [0.5, 0.6) is 11.5 Å². The van der Waals surface area contributed by atoms with Crippen molar-refractivity contribution in [1.82, 2.24) is 14.4 Å². The molecule has 4 aromatic rings. The van der Waals surface area contributed by atoms with E-state index in [4.69, 9.17) is 19.2 Å². The van der Waals surface area contributed by atoms with Gasteiger partial charge < -0.3 is 13.7 Å². The summed E-state index contributed by atoms with van der Waals surface area (Å²) in [5, 5.41) is 7.26. The highest BCUT2D eigenvalue weighted by Gasteiger charge is 2.29. The standard InChI is InChI=1S/C23H20N2O4S.CH3NO2/c26-30(27,25-15-11-18-12-16-28-23(18)17-25)22-9-7-21(8-10-22)29-20-5-3-19(4-6-20)24-13-1-2-14-24;3-1-2-4/h1-10,12-14,16H,11,15,17H2;1,4H,(H,2,3). The number of sulfonamides is 1. The summed E-state index contributed by atoms with van der Waals surface area (Å²) in [6, 6.07) is 20.0. The summed E-state index contributed by atoms with van der Waals surface area (Å²) < 4.78 is 40.7. The number of rotatable bonds is 6. The molecule has 0 saturated carbocycles. The molecule has 0 saturated heterocycles. The lowest BCUT2D eigenvalue weighted by Gasteiger charge is -2.25. The molecule has 3 heterocycles. The Kier molecular flexibility index (Phi) is 7.12. The van der Waals surface area contributed by atoms with Crippen LogP contribution in [0.4, 0.5) is 0 Å². The lowest BCUT2D eigenvalue weighted by Crippen LogP contribution is -2.35. The molecule has 1 aliphatic heterocycles. The zero-order chi connectivity index (χ0) is 24.0. The van der Waals surface area contributed by atoms with Gasteiger partial charge in [-0.15, -0.1) is 0 Å². The molecule has 0 radical (unpaired) electrons. The lowest BCUT2D eigenvalue weighted by molar-refractivity contribution is -0.116. The van der Waals surface area contributed by atoms with E-state index in [1.165, 1.54) is 9.79 Å². The van der Waals surface area contributed by atoms with Gasteiger partial charge in [0.15, 0.2) is 0 Å². The van der Waals surface area contributed by atoms with Crippen molar-refractivity contribution >= 4 is 16.4 Å². The smallest absolute Gasteiger partial charge is 0.243 e. The second-order valence-electron chi connectivity index (χ2n) is 7.36. The second-order valence-corrected chi connectivity index (χ2v) is 9.30. The van der Waals surface area contributed by atoms with Crippen molar-refractivity contribution in [3.05, 3.63) is 96.7 Å². The summed E-state index contributed by atoms with van der Waals surface area (Å²) in [6.07, 6.45) is 6.40. The van der Waals surface area contributed by atoms with Gasteiger partial charge in [-0.1, -0.05) is 0 Å². The summed E-state index contributed by atoms with van der Waals surface area (Å²) in [5.74, 6) is 1.98. The van der Waals surface area contributed by atoms with Crippen molar-refractivity contribution < 1.29 is 27.6 Å². The van der Waals surface area contributed by atoms with Crippen molar-refractivity contribution in [2.75, 3.05) is 6.54 Å². The molecular weight excluding hydrogens is 458 g/mol. The van der Waals surface area contributed by atoms with E-state index >= 15 is 0 Å². The van der Waals surface area contributed by atoms with Gasteiger partial charge in [0.05, 0.1) is 17.7 Å². The average Bonchev–Trinajstić information content (AvgIpc) is 3.57. The Bertz CT molecular complexity index is 1310. The molecule has 2 aromatic carbocycles. The van der Waals surface area contributed by atoms with Crippen LogP contribution in [0.3, 0.4) is 0 Å². The maximum atomic E-state index is 13.0. The summed E-state index contributed by atoms with van der Waals surface area (Å²) in [6.45, 7) is 0.706. The Morgan fingerprint density at radius 3 is 2.21 bits per heavy atom. The molecule has 0 aliphatic carbocycles. The Balaban J connectivity index is 0.000000636. The van der Waals surface area contributed by atoms with Gasteiger partial charge >= 0.3 is 0 Å². The Morgan fingerprint density at radius 1 is 0.971 bits per heavy atom. The van der Waals surface area contributed by atoms with E-state index in [9.17, 15) is 8.42 Å². The van der Waals surface area contributed by atoms with Crippen molar-refractivity contribution in [3.63, 3.8) is 0 Å². The fraction of sp³-hybridized carbons (Fsp3) is 0.125. The minimum atomic E-state index is -3.59. The number of amides is 1. The zero-order valence-corrected chi connectivity index (χ0v) is 18.9. The number of hydroxylamine groups is 1. The molecule has 1 aliphatic rings. The molecule has 10 heteroatoms. The summed E-state index contributed by atoms with van der Waals surface area (Å²) in [5.41, 5.74) is 3.36. The highest BCUT2D eigenvalue weighted by molar-refractivity contribution is 7.89. The topological polar surface area (TPSA) is 114 Å². The Labute approximate surface area is 196 Å². The van der Waals surface area contributed by atoms with E-state index in [-0.39, 0.29) is 17.9 Å². The fourth-order valence-electron chi connectivity index (χ4n) is 3.58. The van der Waals surface area contributed by atoms with E-state index in [1.54, 1.807) is 30.5 Å². The van der Waals surface area contributed by atoms with Gasteiger partial charge in [-0.2, -0.15) is 4.31 Å². The first-order chi connectivity index (χ1) is 16.5. The number of hydrogen-bond donors (Lipinski definition) is 2. The molecule has 5 rings (SSSR count). The molecule has 2 N–H and O–H groups in total. The predicted molar refractivity (Wildman–Crippen MR) is 123 cm³/mol. The van der Waals surface area contributed by atoms with Gasteiger partial charge in [0.2, 0.25) is 16.4 Å². The molecule has 9 nitrogen and oxygen atoms in total. The SMILES string of the molecule is O=CNO.O=S(=O)(c1ccc(Oc2ccc(-n3cccc3)cc2)cc1)N1CCc2ccoc2C1. The number of benzene rings is 2. The van der Waals surface area contributed by atoms with E-state index in [1.807, 2.05) is 59.4 Å². The van der Waals surface area contributed by atoms with Crippen LogP contribution in [0.2, 0.25) is 0 Å². The summed E-state index contributed by atoms with van der Waals surface area (Å²) in [7, 11) is -3.59. The molecule has 176 valence electrons. The van der Waals surface area contributed by atoms with Crippen LogP contribution in [-0.2, 0) is 27.8 Å². The van der Waals surface area contributed by atoms with E-state index in [0.717, 1.165) is 11.3 Å². The maximum Gasteiger partial charge on any atom is 0.243 e. The van der Waals surface area contributed by atoms with E-state index in [0.29, 0.717) is 30.2 Å². The van der Waals surface area contributed by atoms with Crippen LogP contribution in [0, 0.1) is 0 Å². The number of aromatic nitrogens is 1. The monoisotopic (exact) mass is 481 g/mol. The third-order valence-electron chi connectivity index (χ3n) is 5.28. The fourth-order valence-corrected chi connectivity index (χ4v) is 4.97. The number of hydrogen-bond acceptors (Lipinski definition) is 6. The van der Waals surface area contributed by atoms with Crippen molar-refractivity contribution in [1.29, 1.82) is 0 Å². The first kappa shape index (κ1) is 23.3. The van der Waals surface area contributed by atoms with Gasteiger partial charge in [0, 0.05) is 24.6 Å². The Hall–Kier alpha value is -3.86. The van der Waals surface area contributed by atoms with E-state index in [2.05, 4.69) is 0 Å². The largest absolute Gasteiger partial charge is 0.468 e.